The fraction of sp³-hybridized carbons (Fsp3) is 0.500. The summed E-state index contributed by atoms with van der Waals surface area (Å²) in [5.74, 6) is 0.339. The quantitative estimate of drug-likeness (QED) is 0.779. The van der Waals surface area contributed by atoms with Gasteiger partial charge in [-0.05, 0) is 6.07 Å². The third kappa shape index (κ3) is 4.03. The Morgan fingerprint density at radius 1 is 1.53 bits per heavy atom. The predicted molar refractivity (Wildman–Crippen MR) is 65.9 cm³/mol. The number of pyridine rings is 1. The van der Waals surface area contributed by atoms with Crippen LogP contribution in [0.15, 0.2) is 12.3 Å². The second-order valence-electron chi connectivity index (χ2n) is 3.69. The molecule has 0 aliphatic carbocycles. The van der Waals surface area contributed by atoms with Crippen LogP contribution in [0.1, 0.15) is 12.5 Å². The van der Waals surface area contributed by atoms with Gasteiger partial charge in [0.2, 0.25) is 0 Å². The van der Waals surface area contributed by atoms with Crippen LogP contribution in [0.5, 0.6) is 0 Å². The highest BCUT2D eigenvalue weighted by molar-refractivity contribution is 9.09. The molecule has 1 rings (SSSR count). The van der Waals surface area contributed by atoms with Crippen LogP contribution >= 0.6 is 27.5 Å². The van der Waals surface area contributed by atoms with Crippen molar-refractivity contribution in [3.63, 3.8) is 0 Å². The van der Waals surface area contributed by atoms with E-state index >= 15 is 0 Å². The van der Waals surface area contributed by atoms with Gasteiger partial charge in [0.1, 0.15) is 5.82 Å². The van der Waals surface area contributed by atoms with Crippen molar-refractivity contribution >= 4 is 33.3 Å². The first-order valence-corrected chi connectivity index (χ1v) is 6.09. The van der Waals surface area contributed by atoms with Crippen LogP contribution in [-0.4, -0.2) is 23.4 Å². The summed E-state index contributed by atoms with van der Waals surface area (Å²) >= 11 is 9.14. The van der Waals surface area contributed by atoms with Crippen molar-refractivity contribution in [1.29, 1.82) is 0 Å². The molecule has 0 aliphatic rings. The molecule has 17 heavy (non-hydrogen) atoms. The maximum atomic E-state index is 12.4. The summed E-state index contributed by atoms with van der Waals surface area (Å²) in [7, 11) is 1.72. The van der Waals surface area contributed by atoms with Crippen molar-refractivity contribution < 1.29 is 13.2 Å². The second kappa shape index (κ2) is 5.44. The normalized spacial score (nSPS) is 13.6. The zero-order chi connectivity index (χ0) is 13.2. The van der Waals surface area contributed by atoms with Crippen LogP contribution in [0.3, 0.4) is 0 Å². The highest BCUT2D eigenvalue weighted by Crippen LogP contribution is 2.33. The molecule has 0 amide bonds. The molecule has 0 bridgehead atoms. The third-order valence-corrected chi connectivity index (χ3v) is 2.60. The van der Waals surface area contributed by atoms with E-state index in [1.54, 1.807) is 11.9 Å². The Kier molecular flexibility index (Phi) is 4.66. The lowest BCUT2D eigenvalue weighted by atomic mass is 10.2. The fourth-order valence-electron chi connectivity index (χ4n) is 1.33. The molecule has 0 aromatic carbocycles. The molecule has 1 aromatic rings. The lowest BCUT2D eigenvalue weighted by molar-refractivity contribution is -0.137. The number of hydrogen-bond acceptors (Lipinski definition) is 2. The Hall–Kier alpha value is -0.490. The van der Waals surface area contributed by atoms with Crippen molar-refractivity contribution in [2.75, 3.05) is 18.5 Å². The summed E-state index contributed by atoms with van der Waals surface area (Å²) in [4.78, 5) is 5.63. The number of hydrogen-bond donors (Lipinski definition) is 0. The molecule has 1 aromatic heterocycles. The zero-order valence-corrected chi connectivity index (χ0v) is 11.6. The first-order valence-electron chi connectivity index (χ1n) is 4.79. The molecule has 0 aliphatic heterocycles. The van der Waals surface area contributed by atoms with Gasteiger partial charge in [-0.15, -0.1) is 0 Å². The minimum Gasteiger partial charge on any atom is -0.357 e. The van der Waals surface area contributed by atoms with E-state index in [9.17, 15) is 13.2 Å². The number of rotatable bonds is 3. The largest absolute Gasteiger partial charge is 0.417 e. The Balaban J connectivity index is 2.98. The standard InChI is InChI=1S/C10H11BrClF3N2/c1-6(11)5-17(2)9-8(12)3-7(4-16-9)10(13,14)15/h3-4,6H,5H2,1-2H3. The molecule has 0 spiro atoms. The molecular formula is C10H11BrClF3N2. The van der Waals surface area contributed by atoms with Gasteiger partial charge in [0.25, 0.3) is 0 Å². The van der Waals surface area contributed by atoms with Gasteiger partial charge in [0.05, 0.1) is 10.6 Å². The fourth-order valence-corrected chi connectivity index (χ4v) is 2.08. The summed E-state index contributed by atoms with van der Waals surface area (Å²) in [6, 6.07) is 0.888. The molecule has 0 saturated heterocycles. The average molecular weight is 332 g/mol. The zero-order valence-electron chi connectivity index (χ0n) is 9.22. The number of nitrogens with zero attached hydrogens (tertiary/aromatic N) is 2. The summed E-state index contributed by atoms with van der Waals surface area (Å²) < 4.78 is 37.2. The van der Waals surface area contributed by atoms with E-state index in [2.05, 4.69) is 20.9 Å². The summed E-state index contributed by atoms with van der Waals surface area (Å²) in [5.41, 5.74) is -0.841. The Bertz CT molecular complexity index is 396. The van der Waals surface area contributed by atoms with Gasteiger partial charge in [-0.3, -0.25) is 0 Å². The van der Waals surface area contributed by atoms with Gasteiger partial charge < -0.3 is 4.90 Å². The SMILES string of the molecule is CC(Br)CN(C)c1ncc(C(F)(F)F)cc1Cl. The Morgan fingerprint density at radius 2 is 2.12 bits per heavy atom. The van der Waals surface area contributed by atoms with Gasteiger partial charge in [0, 0.05) is 24.6 Å². The van der Waals surface area contributed by atoms with E-state index in [0.29, 0.717) is 12.4 Å². The minimum absolute atomic E-state index is 0.00419. The van der Waals surface area contributed by atoms with Crippen LogP contribution in [0.2, 0.25) is 5.02 Å². The number of alkyl halides is 4. The third-order valence-electron chi connectivity index (χ3n) is 2.04. The second-order valence-corrected chi connectivity index (χ2v) is 5.66. The minimum atomic E-state index is -4.42. The van der Waals surface area contributed by atoms with E-state index in [4.69, 9.17) is 11.6 Å². The van der Waals surface area contributed by atoms with E-state index < -0.39 is 11.7 Å². The van der Waals surface area contributed by atoms with Crippen LogP contribution in [0.4, 0.5) is 19.0 Å². The molecule has 1 unspecified atom stereocenters. The van der Waals surface area contributed by atoms with E-state index in [1.165, 1.54) is 0 Å². The Labute approximate surface area is 111 Å². The van der Waals surface area contributed by atoms with Gasteiger partial charge in [0.15, 0.2) is 0 Å². The van der Waals surface area contributed by atoms with Gasteiger partial charge in [-0.2, -0.15) is 13.2 Å². The molecule has 0 N–H and O–H groups in total. The van der Waals surface area contributed by atoms with Crippen molar-refractivity contribution in [1.82, 2.24) is 4.98 Å². The maximum absolute atomic E-state index is 12.4. The summed E-state index contributed by atoms with van der Waals surface area (Å²) in [6.07, 6.45) is -3.63. The van der Waals surface area contributed by atoms with Crippen molar-refractivity contribution in [3.8, 4) is 0 Å². The lowest BCUT2D eigenvalue weighted by Gasteiger charge is -2.21. The topological polar surface area (TPSA) is 16.1 Å². The molecule has 7 heteroatoms. The van der Waals surface area contributed by atoms with E-state index in [-0.39, 0.29) is 9.85 Å². The van der Waals surface area contributed by atoms with Crippen LogP contribution in [-0.2, 0) is 6.18 Å². The number of aromatic nitrogens is 1. The van der Waals surface area contributed by atoms with Gasteiger partial charge in [-0.1, -0.05) is 34.5 Å². The van der Waals surface area contributed by atoms with Crippen molar-refractivity contribution in [3.05, 3.63) is 22.8 Å². The molecule has 0 radical (unpaired) electrons. The number of halogens is 5. The average Bonchev–Trinajstić information content (AvgIpc) is 2.14. The Morgan fingerprint density at radius 3 is 2.53 bits per heavy atom. The smallest absolute Gasteiger partial charge is 0.357 e. The molecule has 2 nitrogen and oxygen atoms in total. The molecular weight excluding hydrogens is 320 g/mol. The van der Waals surface area contributed by atoms with Crippen molar-refractivity contribution in [2.45, 2.75) is 17.9 Å². The maximum Gasteiger partial charge on any atom is 0.417 e. The molecule has 96 valence electrons. The monoisotopic (exact) mass is 330 g/mol. The van der Waals surface area contributed by atoms with E-state index in [1.807, 2.05) is 6.92 Å². The molecule has 1 heterocycles. The van der Waals surface area contributed by atoms with E-state index in [0.717, 1.165) is 12.3 Å². The first kappa shape index (κ1) is 14.6. The lowest BCUT2D eigenvalue weighted by Crippen LogP contribution is -2.25. The summed E-state index contributed by atoms with van der Waals surface area (Å²) in [6.45, 7) is 2.52. The highest BCUT2D eigenvalue weighted by Gasteiger charge is 2.31. The van der Waals surface area contributed by atoms with Crippen LogP contribution in [0.25, 0.3) is 0 Å². The molecule has 0 saturated carbocycles. The number of anilines is 1. The molecule has 1 atom stereocenters. The molecule has 0 fully saturated rings. The predicted octanol–water partition coefficient (Wildman–Crippen LogP) is 3.97. The van der Waals surface area contributed by atoms with Crippen LogP contribution in [0, 0.1) is 0 Å². The van der Waals surface area contributed by atoms with Gasteiger partial charge >= 0.3 is 6.18 Å². The summed E-state index contributed by atoms with van der Waals surface area (Å²) in [5, 5.41) is -0.00419. The first-order chi connectivity index (χ1) is 7.71. The highest BCUT2D eigenvalue weighted by atomic mass is 79.9. The van der Waals surface area contributed by atoms with Gasteiger partial charge in [-0.25, -0.2) is 4.98 Å². The van der Waals surface area contributed by atoms with Crippen LogP contribution < -0.4 is 4.90 Å². The van der Waals surface area contributed by atoms with Crippen molar-refractivity contribution in [2.24, 2.45) is 0 Å².